The molecule has 5 heteroatoms. The average Bonchev–Trinajstić information content (AvgIpc) is 3.03. The van der Waals surface area contributed by atoms with Crippen LogP contribution in [0.1, 0.15) is 49.0 Å². The van der Waals surface area contributed by atoms with Crippen LogP contribution in [-0.2, 0) is 6.42 Å². The summed E-state index contributed by atoms with van der Waals surface area (Å²) < 4.78 is 5.01. The topological polar surface area (TPSA) is 62.1 Å². The Labute approximate surface area is 167 Å². The van der Waals surface area contributed by atoms with Crippen LogP contribution in [0.3, 0.4) is 0 Å². The molecule has 0 bridgehead atoms. The van der Waals surface area contributed by atoms with Gasteiger partial charge in [0.1, 0.15) is 0 Å². The Hall–Kier alpha value is -2.82. The number of fused-ring (bicyclic) bond motifs is 1. The molecule has 0 amide bonds. The number of unbranched alkanes of at least 4 members (excludes halogenated alkanes) is 2. The van der Waals surface area contributed by atoms with Gasteiger partial charge in [0, 0.05) is 30.6 Å². The number of rotatable bonds is 6. The van der Waals surface area contributed by atoms with Gasteiger partial charge in [-0.25, -0.2) is 0 Å². The van der Waals surface area contributed by atoms with Crippen LogP contribution in [-0.4, -0.2) is 37.8 Å². The zero-order valence-corrected chi connectivity index (χ0v) is 17.2. The highest BCUT2D eigenvalue weighted by atomic mass is 16.5. The van der Waals surface area contributed by atoms with E-state index in [1.54, 1.807) is 0 Å². The molecule has 1 N–H and O–H groups in total. The standard InChI is InChI=1S/C18H18N2O3.C5H12/c1-20-14(7-12-5-3-4-6-16(12)20)10-19-15-9-17(22)18(23-2)8-13(15)11-21;1-3-5-4-2/h3-6,8-11,14,22H,7H2,1-2H3;3-5H2,1-2H3. The van der Waals surface area contributed by atoms with Crippen LogP contribution in [0.5, 0.6) is 11.5 Å². The van der Waals surface area contributed by atoms with E-state index in [0.29, 0.717) is 17.5 Å². The number of aromatic hydroxyl groups is 1. The van der Waals surface area contributed by atoms with Gasteiger partial charge in [-0.2, -0.15) is 0 Å². The molecule has 150 valence electrons. The lowest BCUT2D eigenvalue weighted by Gasteiger charge is -2.18. The van der Waals surface area contributed by atoms with Crippen LogP contribution >= 0.6 is 0 Å². The number of para-hydroxylation sites is 1. The lowest BCUT2D eigenvalue weighted by atomic mass is 10.1. The fourth-order valence-corrected chi connectivity index (χ4v) is 3.18. The average molecular weight is 383 g/mol. The molecule has 5 nitrogen and oxygen atoms in total. The predicted octanol–water partition coefficient (Wildman–Crippen LogP) is 5.17. The molecule has 2 aromatic carbocycles. The monoisotopic (exact) mass is 382 g/mol. The maximum absolute atomic E-state index is 11.2. The number of likely N-dealkylation sites (N-methyl/N-ethyl adjacent to an activating group) is 1. The number of hydrogen-bond donors (Lipinski definition) is 1. The number of benzene rings is 2. The number of phenols is 1. The summed E-state index contributed by atoms with van der Waals surface area (Å²) in [7, 11) is 3.46. The van der Waals surface area contributed by atoms with Gasteiger partial charge in [-0.1, -0.05) is 51.3 Å². The van der Waals surface area contributed by atoms with E-state index in [2.05, 4.69) is 35.9 Å². The normalized spacial score (nSPS) is 15.1. The van der Waals surface area contributed by atoms with Crippen molar-refractivity contribution in [3.8, 4) is 11.5 Å². The van der Waals surface area contributed by atoms with E-state index < -0.39 is 0 Å². The smallest absolute Gasteiger partial charge is 0.161 e. The third-order valence-electron chi connectivity index (χ3n) is 4.85. The van der Waals surface area contributed by atoms with E-state index in [9.17, 15) is 9.90 Å². The fourth-order valence-electron chi connectivity index (χ4n) is 3.18. The zero-order chi connectivity index (χ0) is 20.5. The number of carbonyl (C=O) groups excluding carboxylic acids is 1. The molecule has 1 aliphatic rings. The molecule has 2 aromatic rings. The summed E-state index contributed by atoms with van der Waals surface area (Å²) in [6.45, 7) is 4.42. The van der Waals surface area contributed by atoms with Gasteiger partial charge in [0.2, 0.25) is 0 Å². The number of aliphatic imine (C=N–C) groups is 1. The van der Waals surface area contributed by atoms with Gasteiger partial charge in [0.15, 0.2) is 17.8 Å². The van der Waals surface area contributed by atoms with Crippen LogP contribution in [0.15, 0.2) is 41.4 Å². The highest BCUT2D eigenvalue weighted by Crippen LogP contribution is 2.34. The van der Waals surface area contributed by atoms with Gasteiger partial charge in [0.05, 0.1) is 18.8 Å². The molecule has 0 spiro atoms. The van der Waals surface area contributed by atoms with Crippen LogP contribution < -0.4 is 9.64 Å². The molecule has 28 heavy (non-hydrogen) atoms. The molecule has 3 rings (SSSR count). The van der Waals surface area contributed by atoms with Crippen LogP contribution in [0.25, 0.3) is 0 Å². The number of phenolic OH excluding ortho intramolecular Hbond substituents is 1. The molecule has 1 unspecified atom stereocenters. The summed E-state index contributed by atoms with van der Waals surface area (Å²) in [4.78, 5) is 17.8. The van der Waals surface area contributed by atoms with Crippen molar-refractivity contribution in [3.63, 3.8) is 0 Å². The van der Waals surface area contributed by atoms with E-state index in [4.69, 9.17) is 4.74 Å². The summed E-state index contributed by atoms with van der Waals surface area (Å²) in [5, 5.41) is 9.87. The molecule has 0 aromatic heterocycles. The molecule has 0 radical (unpaired) electrons. The van der Waals surface area contributed by atoms with Crippen molar-refractivity contribution in [3.05, 3.63) is 47.5 Å². The van der Waals surface area contributed by atoms with E-state index in [0.717, 1.165) is 6.42 Å². The number of methoxy groups -OCH3 is 1. The highest BCUT2D eigenvalue weighted by molar-refractivity contribution is 5.87. The first kappa shape index (κ1) is 21.5. The van der Waals surface area contributed by atoms with Crippen molar-refractivity contribution in [1.29, 1.82) is 0 Å². The number of aldehydes is 1. The van der Waals surface area contributed by atoms with E-state index >= 15 is 0 Å². The Morgan fingerprint density at radius 3 is 2.54 bits per heavy atom. The van der Waals surface area contributed by atoms with E-state index in [1.165, 1.54) is 49.8 Å². The second-order valence-electron chi connectivity index (χ2n) is 6.84. The van der Waals surface area contributed by atoms with Crippen molar-refractivity contribution in [2.75, 3.05) is 19.1 Å². The van der Waals surface area contributed by atoms with E-state index in [1.807, 2.05) is 25.4 Å². The Kier molecular flexibility index (Phi) is 8.05. The van der Waals surface area contributed by atoms with Crippen molar-refractivity contribution >= 4 is 23.9 Å². The first-order chi connectivity index (χ1) is 13.5. The summed E-state index contributed by atoms with van der Waals surface area (Å²) in [6, 6.07) is 11.3. The third-order valence-corrected chi connectivity index (χ3v) is 4.85. The number of nitrogens with zero attached hydrogens (tertiary/aromatic N) is 2. The fraction of sp³-hybridized carbons (Fsp3) is 0.391. The highest BCUT2D eigenvalue weighted by Gasteiger charge is 2.24. The lowest BCUT2D eigenvalue weighted by molar-refractivity contribution is 0.112. The van der Waals surface area contributed by atoms with Crippen LogP contribution in [0.4, 0.5) is 11.4 Å². The largest absolute Gasteiger partial charge is 0.504 e. The first-order valence-corrected chi connectivity index (χ1v) is 9.76. The summed E-state index contributed by atoms with van der Waals surface area (Å²) in [5.41, 5.74) is 3.29. The number of ether oxygens (including phenoxy) is 1. The molecule has 0 saturated heterocycles. The maximum Gasteiger partial charge on any atom is 0.161 e. The van der Waals surface area contributed by atoms with Crippen LogP contribution in [0, 0.1) is 0 Å². The Morgan fingerprint density at radius 2 is 1.96 bits per heavy atom. The second-order valence-corrected chi connectivity index (χ2v) is 6.84. The third kappa shape index (κ3) is 5.12. The Balaban J connectivity index is 0.000000500. The zero-order valence-electron chi connectivity index (χ0n) is 17.2. The van der Waals surface area contributed by atoms with Gasteiger partial charge >= 0.3 is 0 Å². The van der Waals surface area contributed by atoms with Gasteiger partial charge in [0.25, 0.3) is 0 Å². The number of carbonyl (C=O) groups is 1. The summed E-state index contributed by atoms with van der Waals surface area (Å²) in [5.74, 6) is 0.227. The minimum absolute atomic E-state index is 0.0340. The van der Waals surface area contributed by atoms with Crippen molar-refractivity contribution in [2.45, 2.75) is 45.6 Å². The minimum Gasteiger partial charge on any atom is -0.504 e. The van der Waals surface area contributed by atoms with Crippen molar-refractivity contribution < 1.29 is 14.6 Å². The molecule has 1 atom stereocenters. The second kappa shape index (κ2) is 10.5. The number of anilines is 1. The molecular formula is C23H30N2O3. The molecule has 1 heterocycles. The SMILES string of the molecule is CCCCC.COc1cc(C=O)c(N=CC2Cc3ccccc3N2C)cc1O. The molecule has 0 saturated carbocycles. The summed E-state index contributed by atoms with van der Waals surface area (Å²) >= 11 is 0. The van der Waals surface area contributed by atoms with Gasteiger partial charge < -0.3 is 14.7 Å². The maximum atomic E-state index is 11.2. The predicted molar refractivity (Wildman–Crippen MR) is 116 cm³/mol. The van der Waals surface area contributed by atoms with Gasteiger partial charge in [-0.05, 0) is 24.1 Å². The Bertz CT molecular complexity index is 815. The molecule has 0 fully saturated rings. The van der Waals surface area contributed by atoms with Gasteiger partial charge in [-0.15, -0.1) is 0 Å². The molecule has 0 aliphatic carbocycles. The Morgan fingerprint density at radius 1 is 1.25 bits per heavy atom. The van der Waals surface area contributed by atoms with Gasteiger partial charge in [-0.3, -0.25) is 9.79 Å². The van der Waals surface area contributed by atoms with Crippen molar-refractivity contribution in [1.82, 2.24) is 0 Å². The molecular weight excluding hydrogens is 352 g/mol. The molecule has 1 aliphatic heterocycles. The van der Waals surface area contributed by atoms with E-state index in [-0.39, 0.29) is 17.5 Å². The quantitative estimate of drug-likeness (QED) is 0.553. The summed E-state index contributed by atoms with van der Waals surface area (Å²) in [6.07, 6.45) is 7.47. The van der Waals surface area contributed by atoms with Crippen molar-refractivity contribution in [2.24, 2.45) is 4.99 Å². The number of hydrogen-bond acceptors (Lipinski definition) is 5. The lowest BCUT2D eigenvalue weighted by Crippen LogP contribution is -2.28. The van der Waals surface area contributed by atoms with Crippen LogP contribution in [0.2, 0.25) is 0 Å². The first-order valence-electron chi connectivity index (χ1n) is 9.76. The minimum atomic E-state index is -0.0340.